The quantitative estimate of drug-likeness (QED) is 0.798. The van der Waals surface area contributed by atoms with Crippen LogP contribution in [0.2, 0.25) is 0 Å². The van der Waals surface area contributed by atoms with Crippen LogP contribution in [0.4, 0.5) is 0 Å². The van der Waals surface area contributed by atoms with E-state index in [9.17, 15) is 9.59 Å². The molecule has 130 valence electrons. The fourth-order valence-electron chi connectivity index (χ4n) is 4.69. The van der Waals surface area contributed by atoms with Crippen LogP contribution in [0.3, 0.4) is 0 Å². The zero-order chi connectivity index (χ0) is 16.3. The molecule has 2 amide bonds. The molecule has 0 N–H and O–H groups in total. The van der Waals surface area contributed by atoms with Crippen molar-refractivity contribution in [3.63, 3.8) is 0 Å². The van der Waals surface area contributed by atoms with E-state index in [1.165, 1.54) is 38.5 Å². The molecule has 2 saturated carbocycles. The van der Waals surface area contributed by atoms with E-state index in [0.717, 1.165) is 51.4 Å². The van der Waals surface area contributed by atoms with Crippen LogP contribution in [0, 0.1) is 11.3 Å². The molecule has 23 heavy (non-hydrogen) atoms. The lowest BCUT2D eigenvalue weighted by molar-refractivity contribution is -0.146. The van der Waals surface area contributed by atoms with Crippen LogP contribution in [0.25, 0.3) is 0 Å². The number of hydrogen-bond acceptors (Lipinski definition) is 2. The highest BCUT2D eigenvalue weighted by Crippen LogP contribution is 2.39. The summed E-state index contributed by atoms with van der Waals surface area (Å²) in [4.78, 5) is 29.1. The summed E-state index contributed by atoms with van der Waals surface area (Å²) in [5, 5.41) is 0. The summed E-state index contributed by atoms with van der Waals surface area (Å²) in [6.45, 7) is 5.03. The van der Waals surface area contributed by atoms with E-state index < -0.39 is 0 Å². The van der Waals surface area contributed by atoms with Gasteiger partial charge in [-0.3, -0.25) is 9.59 Å². The number of amides is 2. The molecule has 3 fully saturated rings. The van der Waals surface area contributed by atoms with E-state index in [0.29, 0.717) is 18.2 Å². The maximum absolute atomic E-state index is 12.7. The molecule has 0 spiro atoms. The van der Waals surface area contributed by atoms with Crippen molar-refractivity contribution in [3.8, 4) is 0 Å². The first kappa shape index (κ1) is 16.8. The fraction of sp³-hybridized carbons (Fsp3) is 0.895. The van der Waals surface area contributed by atoms with Gasteiger partial charge >= 0.3 is 0 Å². The van der Waals surface area contributed by atoms with Gasteiger partial charge in [0.1, 0.15) is 0 Å². The predicted molar refractivity (Wildman–Crippen MR) is 90.9 cm³/mol. The van der Waals surface area contributed by atoms with Gasteiger partial charge in [-0.1, -0.05) is 45.4 Å². The lowest BCUT2D eigenvalue weighted by Crippen LogP contribution is -2.53. The van der Waals surface area contributed by atoms with Crippen LogP contribution in [0.5, 0.6) is 0 Å². The smallest absolute Gasteiger partial charge is 0.228 e. The molecule has 0 aromatic carbocycles. The van der Waals surface area contributed by atoms with Crippen LogP contribution >= 0.6 is 0 Å². The van der Waals surface area contributed by atoms with E-state index in [1.54, 1.807) is 0 Å². The first-order valence-corrected chi connectivity index (χ1v) is 9.66. The zero-order valence-corrected chi connectivity index (χ0v) is 14.7. The Hall–Kier alpha value is -1.06. The second-order valence-electron chi connectivity index (χ2n) is 8.13. The normalized spacial score (nSPS) is 25.1. The molecule has 1 heterocycles. The third-order valence-corrected chi connectivity index (χ3v) is 6.38. The van der Waals surface area contributed by atoms with E-state index in [2.05, 4.69) is 6.92 Å². The van der Waals surface area contributed by atoms with E-state index in [1.807, 2.05) is 9.80 Å². The van der Waals surface area contributed by atoms with Crippen molar-refractivity contribution in [2.75, 3.05) is 26.2 Å². The Bertz CT molecular complexity index is 429. The van der Waals surface area contributed by atoms with Gasteiger partial charge in [-0.2, -0.15) is 0 Å². The van der Waals surface area contributed by atoms with Crippen molar-refractivity contribution in [1.82, 2.24) is 9.80 Å². The maximum atomic E-state index is 12.7. The Labute approximate surface area is 140 Å². The summed E-state index contributed by atoms with van der Waals surface area (Å²) < 4.78 is 0. The van der Waals surface area contributed by atoms with Crippen molar-refractivity contribution >= 4 is 11.8 Å². The maximum Gasteiger partial charge on any atom is 0.228 e. The SMILES string of the molecule is CC1(C(=O)N2CCN(C(=O)CCC3CCCC3)CC2)CCCC1. The molecule has 4 nitrogen and oxygen atoms in total. The van der Waals surface area contributed by atoms with Gasteiger partial charge in [0.05, 0.1) is 0 Å². The van der Waals surface area contributed by atoms with Crippen molar-refractivity contribution in [3.05, 3.63) is 0 Å². The van der Waals surface area contributed by atoms with Crippen molar-refractivity contribution < 1.29 is 9.59 Å². The summed E-state index contributed by atoms with van der Waals surface area (Å²) >= 11 is 0. The Kier molecular flexibility index (Phi) is 5.27. The topological polar surface area (TPSA) is 40.6 Å². The molecule has 0 radical (unpaired) electrons. The van der Waals surface area contributed by atoms with Crippen LogP contribution < -0.4 is 0 Å². The Morgan fingerprint density at radius 1 is 0.913 bits per heavy atom. The highest BCUT2D eigenvalue weighted by atomic mass is 16.2. The number of rotatable bonds is 4. The molecule has 0 aromatic rings. The van der Waals surface area contributed by atoms with Gasteiger partial charge in [-0.05, 0) is 25.2 Å². The molecule has 3 rings (SSSR count). The number of hydrogen-bond donors (Lipinski definition) is 0. The predicted octanol–water partition coefficient (Wildman–Crippen LogP) is 3.21. The summed E-state index contributed by atoms with van der Waals surface area (Å²) in [7, 11) is 0. The van der Waals surface area contributed by atoms with Crippen LogP contribution in [0.15, 0.2) is 0 Å². The van der Waals surface area contributed by atoms with Gasteiger partial charge in [-0.25, -0.2) is 0 Å². The van der Waals surface area contributed by atoms with Crippen molar-refractivity contribution in [1.29, 1.82) is 0 Å². The Morgan fingerprint density at radius 2 is 1.48 bits per heavy atom. The largest absolute Gasteiger partial charge is 0.339 e. The molecular formula is C19H32N2O2. The standard InChI is InChI=1S/C19H32N2O2/c1-19(10-4-5-11-19)18(23)21-14-12-20(13-15-21)17(22)9-8-16-6-2-3-7-16/h16H,2-15H2,1H3. The number of piperazine rings is 1. The Balaban J connectivity index is 1.42. The third-order valence-electron chi connectivity index (χ3n) is 6.38. The van der Waals surface area contributed by atoms with Crippen LogP contribution in [-0.4, -0.2) is 47.8 Å². The fourth-order valence-corrected chi connectivity index (χ4v) is 4.69. The second-order valence-corrected chi connectivity index (χ2v) is 8.13. The van der Waals surface area contributed by atoms with Gasteiger partial charge in [0.2, 0.25) is 11.8 Å². The molecule has 1 saturated heterocycles. The highest BCUT2D eigenvalue weighted by molar-refractivity contribution is 5.83. The van der Waals surface area contributed by atoms with Crippen molar-refractivity contribution in [2.45, 2.75) is 71.1 Å². The van der Waals surface area contributed by atoms with Gasteiger partial charge in [0, 0.05) is 38.0 Å². The molecular weight excluding hydrogens is 288 g/mol. The monoisotopic (exact) mass is 320 g/mol. The molecule has 0 atom stereocenters. The first-order chi connectivity index (χ1) is 11.1. The zero-order valence-electron chi connectivity index (χ0n) is 14.7. The first-order valence-electron chi connectivity index (χ1n) is 9.66. The molecule has 0 unspecified atom stereocenters. The minimum absolute atomic E-state index is 0.130. The second kappa shape index (κ2) is 7.23. The lowest BCUT2D eigenvalue weighted by Gasteiger charge is -2.38. The van der Waals surface area contributed by atoms with Gasteiger partial charge in [0.25, 0.3) is 0 Å². The minimum atomic E-state index is -0.130. The van der Waals surface area contributed by atoms with Crippen LogP contribution in [-0.2, 0) is 9.59 Å². The number of carbonyl (C=O) groups is 2. The van der Waals surface area contributed by atoms with Gasteiger partial charge in [-0.15, -0.1) is 0 Å². The molecule has 1 aliphatic heterocycles. The average Bonchev–Trinajstić information content (AvgIpc) is 3.24. The highest BCUT2D eigenvalue weighted by Gasteiger charge is 2.40. The minimum Gasteiger partial charge on any atom is -0.339 e. The summed E-state index contributed by atoms with van der Waals surface area (Å²) in [5.41, 5.74) is -0.130. The third kappa shape index (κ3) is 3.89. The van der Waals surface area contributed by atoms with Gasteiger partial charge < -0.3 is 9.80 Å². The molecule has 0 bridgehead atoms. The molecule has 3 aliphatic rings. The van der Waals surface area contributed by atoms with E-state index >= 15 is 0 Å². The van der Waals surface area contributed by atoms with Crippen molar-refractivity contribution in [2.24, 2.45) is 11.3 Å². The van der Waals surface area contributed by atoms with Crippen LogP contribution in [0.1, 0.15) is 71.1 Å². The summed E-state index contributed by atoms with van der Waals surface area (Å²) in [5.74, 6) is 1.41. The molecule has 4 heteroatoms. The number of nitrogens with zero attached hydrogens (tertiary/aromatic N) is 2. The Morgan fingerprint density at radius 3 is 2.09 bits per heavy atom. The summed E-state index contributed by atoms with van der Waals surface area (Å²) in [6.07, 6.45) is 11.5. The van der Waals surface area contributed by atoms with E-state index in [4.69, 9.17) is 0 Å². The average molecular weight is 320 g/mol. The number of carbonyl (C=O) groups excluding carboxylic acids is 2. The molecule has 0 aromatic heterocycles. The van der Waals surface area contributed by atoms with E-state index in [-0.39, 0.29) is 5.41 Å². The van der Waals surface area contributed by atoms with Gasteiger partial charge in [0.15, 0.2) is 0 Å². The summed E-state index contributed by atoms with van der Waals surface area (Å²) in [6, 6.07) is 0. The molecule has 2 aliphatic carbocycles. The lowest BCUT2D eigenvalue weighted by atomic mass is 9.87.